The molecule has 120 valence electrons. The first-order valence-electron chi connectivity index (χ1n) is 7.57. The number of nitrogens with zero attached hydrogens (tertiary/aromatic N) is 2. The molecule has 0 bridgehead atoms. The van der Waals surface area contributed by atoms with E-state index in [2.05, 4.69) is 13.8 Å². The number of amides is 2. The molecule has 3 rings (SSSR count). The van der Waals surface area contributed by atoms with Gasteiger partial charge in [0.2, 0.25) is 0 Å². The second kappa shape index (κ2) is 6.09. The lowest BCUT2D eigenvalue weighted by atomic mass is 10.1. The number of para-hydroxylation sites is 1. The van der Waals surface area contributed by atoms with Crippen LogP contribution in [0.15, 0.2) is 29.2 Å². The molecule has 2 aliphatic heterocycles. The summed E-state index contributed by atoms with van der Waals surface area (Å²) in [6, 6.07) is 7.65. The number of rotatable bonds is 3. The molecule has 2 amide bonds. The number of carbonyl (C=O) groups is 2. The molecular weight excluding hydrogens is 328 g/mol. The van der Waals surface area contributed by atoms with Crippen LogP contribution in [0.5, 0.6) is 0 Å². The van der Waals surface area contributed by atoms with Crippen molar-refractivity contribution in [2.75, 3.05) is 18.5 Å². The molecule has 0 atom stereocenters. The number of carbonyl (C=O) groups excluding carboxylic acids is 2. The van der Waals surface area contributed by atoms with Gasteiger partial charge >= 0.3 is 0 Å². The average Bonchev–Trinajstić information content (AvgIpc) is 2.93. The van der Waals surface area contributed by atoms with Crippen molar-refractivity contribution in [3.63, 3.8) is 0 Å². The van der Waals surface area contributed by atoms with Crippen LogP contribution in [0, 0.1) is 5.92 Å². The summed E-state index contributed by atoms with van der Waals surface area (Å²) in [5.74, 6) is 0.220. The minimum absolute atomic E-state index is 0.0965. The van der Waals surface area contributed by atoms with Crippen molar-refractivity contribution >= 4 is 51.4 Å². The Morgan fingerprint density at radius 2 is 1.87 bits per heavy atom. The molecular formula is C17H18N2O2S2. The van der Waals surface area contributed by atoms with E-state index in [0.29, 0.717) is 27.3 Å². The number of anilines is 1. The molecule has 0 spiro atoms. The minimum Gasteiger partial charge on any atom is -0.308 e. The summed E-state index contributed by atoms with van der Waals surface area (Å²) in [5.41, 5.74) is 2.20. The molecule has 4 nitrogen and oxygen atoms in total. The van der Waals surface area contributed by atoms with Gasteiger partial charge < -0.3 is 4.90 Å². The molecule has 0 aliphatic carbocycles. The fourth-order valence-electron chi connectivity index (χ4n) is 2.70. The Morgan fingerprint density at radius 1 is 1.17 bits per heavy atom. The Labute approximate surface area is 145 Å². The topological polar surface area (TPSA) is 40.6 Å². The zero-order valence-corrected chi connectivity index (χ0v) is 15.0. The average molecular weight is 346 g/mol. The van der Waals surface area contributed by atoms with E-state index in [1.165, 1.54) is 16.7 Å². The van der Waals surface area contributed by atoms with E-state index in [4.69, 9.17) is 12.2 Å². The number of fused-ring (bicyclic) bond motifs is 1. The quantitative estimate of drug-likeness (QED) is 0.622. The highest BCUT2D eigenvalue weighted by Gasteiger charge is 2.40. The molecule has 23 heavy (non-hydrogen) atoms. The molecule has 2 aliphatic rings. The van der Waals surface area contributed by atoms with Crippen LogP contribution in [0.1, 0.15) is 25.8 Å². The highest BCUT2D eigenvalue weighted by Crippen LogP contribution is 2.44. The van der Waals surface area contributed by atoms with Crippen molar-refractivity contribution < 1.29 is 9.59 Å². The lowest BCUT2D eigenvalue weighted by molar-refractivity contribution is -0.121. The van der Waals surface area contributed by atoms with Crippen LogP contribution in [-0.4, -0.2) is 34.6 Å². The fourth-order valence-corrected chi connectivity index (χ4v) is 3.95. The van der Waals surface area contributed by atoms with E-state index in [1.807, 2.05) is 24.3 Å². The first kappa shape index (κ1) is 16.2. The monoisotopic (exact) mass is 346 g/mol. The number of thiocarbonyl (C=S) groups is 1. The van der Waals surface area contributed by atoms with Crippen LogP contribution in [0.25, 0.3) is 5.57 Å². The highest BCUT2D eigenvalue weighted by atomic mass is 32.2. The van der Waals surface area contributed by atoms with Gasteiger partial charge in [0.1, 0.15) is 4.32 Å². The van der Waals surface area contributed by atoms with E-state index in [9.17, 15) is 9.59 Å². The van der Waals surface area contributed by atoms with Gasteiger partial charge in [-0.25, -0.2) is 0 Å². The number of benzene rings is 1. The second-order valence-electron chi connectivity index (χ2n) is 6.09. The first-order valence-corrected chi connectivity index (χ1v) is 8.79. The van der Waals surface area contributed by atoms with E-state index >= 15 is 0 Å². The van der Waals surface area contributed by atoms with Crippen molar-refractivity contribution in [2.24, 2.45) is 5.92 Å². The van der Waals surface area contributed by atoms with Gasteiger partial charge in [-0.05, 0) is 18.4 Å². The van der Waals surface area contributed by atoms with Crippen molar-refractivity contribution in [3.05, 3.63) is 34.7 Å². The molecule has 0 aromatic heterocycles. The third kappa shape index (κ3) is 2.70. The molecule has 0 N–H and O–H groups in total. The summed E-state index contributed by atoms with van der Waals surface area (Å²) in [5, 5.41) is 0. The largest absolute Gasteiger partial charge is 0.308 e. The standard InChI is InChI=1S/C17H18N2O2S2/c1-10(2)8-9-19-12-7-5-4-6-11(12)13(15(19)20)14-16(21)18(3)17(22)23-14/h4-7,10H,8-9H2,1-3H3/b14-13-. The zero-order valence-electron chi connectivity index (χ0n) is 13.3. The van der Waals surface area contributed by atoms with Crippen LogP contribution < -0.4 is 4.90 Å². The molecule has 1 aromatic carbocycles. The lowest BCUT2D eigenvalue weighted by Crippen LogP contribution is -2.29. The van der Waals surface area contributed by atoms with Crippen LogP contribution in [0.2, 0.25) is 0 Å². The Bertz CT molecular complexity index is 740. The summed E-state index contributed by atoms with van der Waals surface area (Å²) >= 11 is 6.41. The molecule has 6 heteroatoms. The predicted molar refractivity (Wildman–Crippen MR) is 98.1 cm³/mol. The van der Waals surface area contributed by atoms with Crippen LogP contribution in [0.3, 0.4) is 0 Å². The van der Waals surface area contributed by atoms with Crippen molar-refractivity contribution in [3.8, 4) is 0 Å². The smallest absolute Gasteiger partial charge is 0.266 e. The van der Waals surface area contributed by atoms with Gasteiger partial charge in [0, 0.05) is 19.2 Å². The van der Waals surface area contributed by atoms with Crippen molar-refractivity contribution in [2.45, 2.75) is 20.3 Å². The number of hydrogen-bond donors (Lipinski definition) is 0. The third-order valence-corrected chi connectivity index (χ3v) is 5.60. The number of thioether (sulfide) groups is 1. The molecule has 1 fully saturated rings. The van der Waals surface area contributed by atoms with Crippen LogP contribution in [0.4, 0.5) is 5.69 Å². The first-order chi connectivity index (χ1) is 10.9. The third-order valence-electron chi connectivity index (χ3n) is 4.04. The van der Waals surface area contributed by atoms with Gasteiger partial charge in [-0.2, -0.15) is 0 Å². The van der Waals surface area contributed by atoms with Gasteiger partial charge in [-0.1, -0.05) is 56.0 Å². The maximum Gasteiger partial charge on any atom is 0.266 e. The Balaban J connectivity index is 2.08. The Morgan fingerprint density at radius 3 is 2.48 bits per heavy atom. The highest BCUT2D eigenvalue weighted by molar-refractivity contribution is 8.26. The van der Waals surface area contributed by atoms with Crippen molar-refractivity contribution in [1.82, 2.24) is 4.90 Å². The van der Waals surface area contributed by atoms with E-state index in [0.717, 1.165) is 17.7 Å². The fraction of sp³-hybridized carbons (Fsp3) is 0.353. The molecule has 0 radical (unpaired) electrons. The molecule has 1 aromatic rings. The van der Waals surface area contributed by atoms with Gasteiger partial charge in [0.25, 0.3) is 11.8 Å². The lowest BCUT2D eigenvalue weighted by Gasteiger charge is -2.18. The van der Waals surface area contributed by atoms with Gasteiger partial charge in [-0.15, -0.1) is 0 Å². The Hall–Kier alpha value is -1.66. The summed E-state index contributed by atoms with van der Waals surface area (Å²) < 4.78 is 0.489. The summed E-state index contributed by atoms with van der Waals surface area (Å²) in [6.07, 6.45) is 0.919. The van der Waals surface area contributed by atoms with Gasteiger partial charge in [0.05, 0.1) is 16.2 Å². The van der Waals surface area contributed by atoms with E-state index < -0.39 is 0 Å². The van der Waals surface area contributed by atoms with Crippen LogP contribution >= 0.6 is 24.0 Å². The van der Waals surface area contributed by atoms with Crippen LogP contribution in [-0.2, 0) is 9.59 Å². The van der Waals surface area contributed by atoms with Gasteiger partial charge in [0.15, 0.2) is 0 Å². The predicted octanol–water partition coefficient (Wildman–Crippen LogP) is 3.28. The summed E-state index contributed by atoms with van der Waals surface area (Å²) in [4.78, 5) is 29.0. The maximum atomic E-state index is 13.0. The van der Waals surface area contributed by atoms with E-state index in [-0.39, 0.29) is 11.8 Å². The molecule has 1 saturated heterocycles. The number of likely N-dealkylation sites (N-methyl/N-ethyl adjacent to an activating group) is 1. The normalized spacial score (nSPS) is 21.0. The Kier molecular flexibility index (Phi) is 4.29. The molecule has 0 saturated carbocycles. The minimum atomic E-state index is -0.191. The summed E-state index contributed by atoms with van der Waals surface area (Å²) in [7, 11) is 1.65. The molecule has 2 heterocycles. The van der Waals surface area contributed by atoms with E-state index in [1.54, 1.807) is 11.9 Å². The number of hydrogen-bond acceptors (Lipinski definition) is 4. The second-order valence-corrected chi connectivity index (χ2v) is 7.74. The van der Waals surface area contributed by atoms with Gasteiger partial charge in [-0.3, -0.25) is 14.5 Å². The summed E-state index contributed by atoms with van der Waals surface area (Å²) in [6.45, 7) is 4.93. The molecule has 0 unspecified atom stereocenters. The SMILES string of the molecule is CC(C)CCN1C(=O)/C(=C2\SC(=S)N(C)C2=O)c2ccccc21. The van der Waals surface area contributed by atoms with Crippen molar-refractivity contribution in [1.29, 1.82) is 0 Å². The maximum absolute atomic E-state index is 13.0. The zero-order chi connectivity index (χ0) is 16.7.